The summed E-state index contributed by atoms with van der Waals surface area (Å²) in [5, 5.41) is 10.7. The van der Waals surface area contributed by atoms with Crippen LogP contribution in [-0.4, -0.2) is 120 Å². The first-order valence-electron chi connectivity index (χ1n) is 36.0. The number of benzene rings is 4. The number of aryl methyl sites for hydroxylation is 3. The average molecular weight is 1790 g/mol. The number of anilines is 4. The summed E-state index contributed by atoms with van der Waals surface area (Å²) in [6, 6.07) is 50.5. The van der Waals surface area contributed by atoms with E-state index in [9.17, 15) is 66.1 Å². The van der Waals surface area contributed by atoms with Gasteiger partial charge in [-0.15, -0.1) is 0 Å². The number of ketones is 1. The molecule has 0 saturated carbocycles. The molecule has 0 aliphatic carbocycles. The van der Waals surface area contributed by atoms with Crippen molar-refractivity contribution in [3.05, 3.63) is 360 Å². The molecule has 4 N–H and O–H groups in total. The van der Waals surface area contributed by atoms with Crippen LogP contribution < -0.4 is 30.7 Å². The van der Waals surface area contributed by atoms with Gasteiger partial charge in [-0.25, -0.2) is 58.5 Å². The van der Waals surface area contributed by atoms with E-state index in [2.05, 4.69) is 36.2 Å². The van der Waals surface area contributed by atoms with E-state index in [0.717, 1.165) is 42.3 Å². The van der Waals surface area contributed by atoms with Crippen LogP contribution >= 0.6 is 23.2 Å². The fourth-order valence-electron chi connectivity index (χ4n) is 11.3. The van der Waals surface area contributed by atoms with Crippen LogP contribution in [0.2, 0.25) is 10.0 Å². The Morgan fingerprint density at radius 1 is 0.434 bits per heavy atom. The summed E-state index contributed by atoms with van der Waals surface area (Å²) in [6.07, 6.45) is 22.8. The van der Waals surface area contributed by atoms with Crippen molar-refractivity contribution in [2.75, 3.05) is 35.0 Å². The van der Waals surface area contributed by atoms with Gasteiger partial charge in [-0.3, -0.25) is 33.9 Å². The Kier molecular flexibility index (Phi) is 27.2. The van der Waals surface area contributed by atoms with Gasteiger partial charge in [-0.2, -0.15) is 8.42 Å². The third-order valence-electron chi connectivity index (χ3n) is 17.5. The molecule has 0 saturated heterocycles. The number of aromatic nitrogens is 8. The maximum atomic E-state index is 12.8. The molecule has 1 aliphatic rings. The summed E-state index contributed by atoms with van der Waals surface area (Å²) >= 11 is 11.7. The lowest BCUT2D eigenvalue weighted by Gasteiger charge is -2.09. The molecule has 0 fully saturated rings. The Labute approximate surface area is 708 Å². The minimum absolute atomic E-state index is 0.0346. The highest BCUT2D eigenvalue weighted by Gasteiger charge is 2.27. The topological polar surface area (TPSA) is 425 Å². The van der Waals surface area contributed by atoms with Crippen LogP contribution in [0.1, 0.15) is 80.5 Å². The number of ether oxygens (including phenoxy) is 2. The number of carbonyl (C=O) groups excluding carboxylic acids is 5. The lowest BCUT2D eigenvalue weighted by Crippen LogP contribution is -2.14. The number of carbonyl (C=O) groups is 5. The van der Waals surface area contributed by atoms with Crippen molar-refractivity contribution >= 4 is 125 Å². The molecule has 12 heterocycles. The number of methoxy groups -OCH3 is 1. The number of furan rings is 3. The minimum atomic E-state index is -3.85. The highest BCUT2D eigenvalue weighted by molar-refractivity contribution is 7.91. The van der Waals surface area contributed by atoms with Crippen molar-refractivity contribution in [1.29, 1.82) is 0 Å². The molecule has 1 aliphatic heterocycles. The monoisotopic (exact) mass is 1780 g/mol. The number of amides is 4. The number of nitrogens with one attached hydrogen (secondary N) is 4. The van der Waals surface area contributed by atoms with Crippen molar-refractivity contribution in [3.63, 3.8) is 0 Å². The summed E-state index contributed by atoms with van der Waals surface area (Å²) in [5.41, 5.74) is 5.92. The number of rotatable bonds is 22. The Hall–Kier alpha value is -14.0. The van der Waals surface area contributed by atoms with Gasteiger partial charge >= 0.3 is 0 Å². The van der Waals surface area contributed by atoms with Crippen molar-refractivity contribution in [2.45, 2.75) is 58.2 Å². The van der Waals surface area contributed by atoms with Crippen LogP contribution in [0.25, 0.3) is 0 Å². The van der Waals surface area contributed by atoms with Crippen LogP contribution in [0.15, 0.2) is 331 Å². The molecule has 11 aromatic heterocycles. The second-order valence-electron chi connectivity index (χ2n) is 26.1. The van der Waals surface area contributed by atoms with Crippen LogP contribution in [-0.2, 0) is 63.0 Å². The minimum Gasteiger partial charge on any atom is -0.496 e. The molecule has 16 rings (SSSR count). The number of hydrogen-bond donors (Lipinski definition) is 4. The first kappa shape index (κ1) is 87.4. The zero-order chi connectivity index (χ0) is 87.1. The zero-order valence-corrected chi connectivity index (χ0v) is 70.0. The van der Waals surface area contributed by atoms with Crippen molar-refractivity contribution in [3.8, 4) is 11.5 Å². The number of halogens is 2. The molecule has 122 heavy (non-hydrogen) atoms. The second kappa shape index (κ2) is 38.0. The fraction of sp³-hybridized carbons (Fsp3) is 0.0843. The van der Waals surface area contributed by atoms with E-state index in [1.807, 2.05) is 6.92 Å². The number of fused-ring (bicyclic) bond motifs is 1. The van der Waals surface area contributed by atoms with Gasteiger partial charge in [0.25, 0.3) is 73.7 Å². The summed E-state index contributed by atoms with van der Waals surface area (Å²) in [7, 11) is -17.3. The van der Waals surface area contributed by atoms with E-state index in [1.54, 1.807) is 141 Å². The van der Waals surface area contributed by atoms with Crippen LogP contribution in [0.5, 0.6) is 11.5 Å². The van der Waals surface area contributed by atoms with E-state index < -0.39 is 73.7 Å². The van der Waals surface area contributed by atoms with E-state index >= 15 is 0 Å². The Balaban J connectivity index is 0.000000140. The third-order valence-corrected chi connectivity index (χ3v) is 26.3. The maximum absolute atomic E-state index is 12.8. The van der Waals surface area contributed by atoms with Gasteiger partial charge in [0.2, 0.25) is 0 Å². The van der Waals surface area contributed by atoms with Crippen molar-refractivity contribution in [1.82, 2.24) is 34.8 Å². The molecular formula is C83H70Cl2N12O20S5. The summed E-state index contributed by atoms with van der Waals surface area (Å²) in [4.78, 5) is 72.3. The van der Waals surface area contributed by atoms with Gasteiger partial charge in [-0.1, -0.05) is 59.1 Å². The molecule has 0 spiro atoms. The number of pyridine rings is 3. The Morgan fingerprint density at radius 3 is 1.37 bits per heavy atom. The van der Waals surface area contributed by atoms with E-state index in [1.165, 1.54) is 173 Å². The van der Waals surface area contributed by atoms with Crippen LogP contribution in [0.4, 0.5) is 22.7 Å². The number of nitrogens with zero attached hydrogens (tertiary/aromatic N) is 8. The van der Waals surface area contributed by atoms with Crippen molar-refractivity contribution < 1.29 is 88.8 Å². The van der Waals surface area contributed by atoms with Crippen LogP contribution in [0.3, 0.4) is 0 Å². The number of hydrogen-bond acceptors (Lipinski definition) is 23. The lowest BCUT2D eigenvalue weighted by molar-refractivity contribution is 0.0982. The van der Waals surface area contributed by atoms with Gasteiger partial charge in [-0.05, 0) is 207 Å². The molecule has 15 aromatic rings. The molecular weight excluding hydrogens is 1720 g/mol. The molecule has 39 heteroatoms. The largest absolute Gasteiger partial charge is 0.496 e. The van der Waals surface area contributed by atoms with E-state index in [4.69, 9.17) is 45.9 Å². The normalized spacial score (nSPS) is 11.7. The van der Waals surface area contributed by atoms with Gasteiger partial charge in [0.1, 0.15) is 27.8 Å². The van der Waals surface area contributed by atoms with Gasteiger partial charge in [0.05, 0.1) is 80.0 Å². The molecule has 4 amide bonds. The quantitative estimate of drug-likeness (QED) is 0.0458. The Bertz CT molecular complexity index is 6720. The van der Waals surface area contributed by atoms with E-state index in [0.29, 0.717) is 63.4 Å². The highest BCUT2D eigenvalue weighted by Crippen LogP contribution is 2.31. The molecule has 0 atom stereocenters. The molecule has 32 nitrogen and oxygen atoms in total. The van der Waals surface area contributed by atoms with Gasteiger partial charge in [0, 0.05) is 93.4 Å². The first-order chi connectivity index (χ1) is 58.3. The van der Waals surface area contributed by atoms with Crippen LogP contribution in [0, 0.1) is 20.8 Å². The van der Waals surface area contributed by atoms with Gasteiger partial charge in [0.15, 0.2) is 28.1 Å². The summed E-state index contributed by atoms with van der Waals surface area (Å²) in [5.74, 6) is -0.207. The average Bonchev–Trinajstić information content (AvgIpc) is 1.59. The maximum Gasteiger partial charge on any atom is 0.291 e. The molecule has 0 unspecified atom stereocenters. The molecule has 0 radical (unpaired) electrons. The third kappa shape index (κ3) is 21.2. The molecule has 0 bridgehead atoms. The summed E-state index contributed by atoms with van der Waals surface area (Å²) < 4.78 is 157. The predicted octanol–water partition coefficient (Wildman–Crippen LogP) is 14.2. The fourth-order valence-corrected chi connectivity index (χ4v) is 18.1. The summed E-state index contributed by atoms with van der Waals surface area (Å²) in [6.45, 7) is 6.01. The SMILES string of the molecule is COc1ccc(S(=O)(=O)n2ccc(NC(=O)c3ccccn3)c2)cc1C.Cc1ccc(Cl)c(S(=O)(=O)n2ccc(CC(=O)c3ccccn3)c2)c1.Cc1ccc(S(=O)(=O)n2ccc(NC(=O)c3ccco3)c2)cc1.O=C(Nc1ccn(S(=O)(=O)c2ccc(Cl)cn2)c1)c1ccco1.O=C(Nc1ccn(S(=O)(=O)c2ccc3c(c2)CCO3)c1)c1ccco1. The van der Waals surface area contributed by atoms with E-state index in [-0.39, 0.29) is 64.8 Å². The second-order valence-corrected chi connectivity index (χ2v) is 36.1. The standard InChI is InChI=1S/C18H15ClN2O3S.C18H17N3O4S.C17H14N2O5S.C16H14N2O4S.C14H10ClN3O4S/c1-13-5-6-15(19)18(10-13)25(23,24)21-9-7-14(12-21)11-17(22)16-4-2-3-8-20-16;1-13-11-15(6-7-17(13)25-2)26(23,24)21-10-8-14(12-21)20-18(22)16-5-3-4-9-19-16;20-17(16-2-1-8-23-16)18-13-5-7-19(11-13)25(21,22)14-3-4-15-12(10-14)6-9-24-15;1-12-4-6-14(7-5-12)23(20,21)18-9-8-13(11-18)17-16(19)15-3-2-10-22-15;15-10-3-4-13(16-8-10)23(20,21)18-6-5-11(9-18)17-14(19)12-2-1-7-22-12/h2-10,12H,11H2,1H3;3-12H,1-2H3,(H,20,22);1-5,7-8,10-11H,6,9H2,(H,18,20);2-11H,1H3,(H,17,19);1-9H,(H,17,19). The lowest BCUT2D eigenvalue weighted by atomic mass is 10.1. The Morgan fingerprint density at radius 2 is 0.893 bits per heavy atom. The molecule has 626 valence electrons. The first-order valence-corrected chi connectivity index (χ1v) is 43.9. The zero-order valence-electron chi connectivity index (χ0n) is 64.4. The smallest absolute Gasteiger partial charge is 0.291 e. The van der Waals surface area contributed by atoms with Crippen molar-refractivity contribution in [2.24, 2.45) is 0 Å². The predicted molar refractivity (Wildman–Crippen MR) is 450 cm³/mol. The number of Topliss-reactive ketones (excluding diaryl/α,β-unsaturated/α-hetero) is 1. The van der Waals surface area contributed by atoms with Gasteiger partial charge < -0.3 is 44.0 Å². The molecule has 4 aromatic carbocycles. The highest BCUT2D eigenvalue weighted by atomic mass is 35.5.